The Labute approximate surface area is 191 Å². The van der Waals surface area contributed by atoms with Crippen LogP contribution in [0.2, 0.25) is 0 Å². The van der Waals surface area contributed by atoms with Gasteiger partial charge in [0.2, 0.25) is 18.3 Å². The molecule has 0 unspecified atom stereocenters. The Morgan fingerprint density at radius 1 is 0.818 bits per heavy atom. The molecule has 1 fully saturated rings. The smallest absolute Gasteiger partial charge is 0.307 e. The number of carbonyl (C=O) groups is 4. The number of rotatable bonds is 14. The zero-order valence-electron chi connectivity index (χ0n) is 19.3. The van der Waals surface area contributed by atoms with Gasteiger partial charge in [0.1, 0.15) is 6.04 Å². The van der Waals surface area contributed by atoms with Crippen LogP contribution in [0.25, 0.3) is 0 Å². The van der Waals surface area contributed by atoms with Gasteiger partial charge in [0, 0.05) is 27.2 Å². The van der Waals surface area contributed by atoms with Crippen LogP contribution in [-0.2, 0) is 52.3 Å². The van der Waals surface area contributed by atoms with E-state index in [2.05, 4.69) is 5.32 Å². The summed E-state index contributed by atoms with van der Waals surface area (Å²) >= 11 is 0. The summed E-state index contributed by atoms with van der Waals surface area (Å²) < 4.78 is 37.6. The second-order valence-corrected chi connectivity index (χ2v) is 6.91. The molecular weight excluding hydrogens is 446 g/mol. The van der Waals surface area contributed by atoms with E-state index in [1.165, 1.54) is 6.92 Å². The van der Waals surface area contributed by atoms with Crippen molar-refractivity contribution in [1.29, 1.82) is 0 Å². The quantitative estimate of drug-likeness (QED) is 0.178. The molecule has 1 saturated heterocycles. The molecule has 33 heavy (non-hydrogen) atoms. The SMILES string of the molecule is CCC(=O)O[C@H]1O[C@@H](OCCOCCOCCO)[C@H](NC(C)=O)[C@@H](OC(C)=O)[C@H]1OC(C)=O. The lowest BCUT2D eigenvalue weighted by molar-refractivity contribution is -0.322. The zero-order chi connectivity index (χ0) is 24.8. The second-order valence-electron chi connectivity index (χ2n) is 6.91. The van der Waals surface area contributed by atoms with Crippen LogP contribution < -0.4 is 5.32 Å². The molecular formula is C20H33NO12. The molecule has 0 bridgehead atoms. The molecule has 1 heterocycles. The topological polar surface area (TPSA) is 165 Å². The van der Waals surface area contributed by atoms with Gasteiger partial charge in [-0.25, -0.2) is 0 Å². The number of esters is 3. The highest BCUT2D eigenvalue weighted by atomic mass is 16.8. The van der Waals surface area contributed by atoms with E-state index in [-0.39, 0.29) is 46.1 Å². The molecule has 13 nitrogen and oxygen atoms in total. The molecule has 1 aliphatic heterocycles. The third-order valence-electron chi connectivity index (χ3n) is 4.14. The highest BCUT2D eigenvalue weighted by Crippen LogP contribution is 2.28. The lowest BCUT2D eigenvalue weighted by atomic mass is 10.00. The molecule has 0 radical (unpaired) electrons. The third kappa shape index (κ3) is 10.9. The molecule has 0 aromatic heterocycles. The van der Waals surface area contributed by atoms with Gasteiger partial charge in [0.25, 0.3) is 0 Å². The Balaban J connectivity index is 2.98. The van der Waals surface area contributed by atoms with Crippen LogP contribution >= 0.6 is 0 Å². The van der Waals surface area contributed by atoms with Crippen LogP contribution in [0.15, 0.2) is 0 Å². The van der Waals surface area contributed by atoms with Crippen molar-refractivity contribution in [2.45, 2.75) is 64.9 Å². The standard InChI is InChI=1S/C20H33NO12/c1-5-15(26)32-20-18(31-14(4)25)17(30-13(3)24)16(21-12(2)23)19(33-20)29-11-10-28-9-8-27-7-6-22/h16-20,22H,5-11H2,1-4H3,(H,21,23)/t16-,17-,18-,19-,20+/m1/s1. The van der Waals surface area contributed by atoms with E-state index < -0.39 is 54.6 Å². The van der Waals surface area contributed by atoms with Crippen molar-refractivity contribution in [2.75, 3.05) is 39.6 Å². The van der Waals surface area contributed by atoms with E-state index in [0.717, 1.165) is 13.8 Å². The number of aliphatic hydroxyl groups is 1. The highest BCUT2D eigenvalue weighted by Gasteiger charge is 2.52. The minimum atomic E-state index is -1.45. The molecule has 190 valence electrons. The molecule has 2 N–H and O–H groups in total. The van der Waals surface area contributed by atoms with Gasteiger partial charge in [0.15, 0.2) is 12.4 Å². The van der Waals surface area contributed by atoms with Gasteiger partial charge in [0.05, 0.1) is 39.6 Å². The summed E-state index contributed by atoms with van der Waals surface area (Å²) in [7, 11) is 0. The summed E-state index contributed by atoms with van der Waals surface area (Å²) in [4.78, 5) is 47.2. The first kappa shape index (κ1) is 28.7. The van der Waals surface area contributed by atoms with E-state index in [9.17, 15) is 19.2 Å². The number of nitrogens with one attached hydrogen (secondary N) is 1. The van der Waals surface area contributed by atoms with Crippen LogP contribution in [-0.4, -0.2) is 99.4 Å². The lowest BCUT2D eigenvalue weighted by Crippen LogP contribution is -2.66. The van der Waals surface area contributed by atoms with Crippen molar-refractivity contribution in [3.05, 3.63) is 0 Å². The molecule has 1 amide bonds. The van der Waals surface area contributed by atoms with Crippen molar-refractivity contribution in [3.8, 4) is 0 Å². The maximum Gasteiger partial charge on any atom is 0.307 e. The first-order chi connectivity index (χ1) is 15.7. The summed E-state index contributed by atoms with van der Waals surface area (Å²) in [5.41, 5.74) is 0. The van der Waals surface area contributed by atoms with Crippen molar-refractivity contribution >= 4 is 23.8 Å². The van der Waals surface area contributed by atoms with E-state index in [1.54, 1.807) is 6.92 Å². The number of ether oxygens (including phenoxy) is 7. The van der Waals surface area contributed by atoms with Crippen LogP contribution in [0.1, 0.15) is 34.1 Å². The van der Waals surface area contributed by atoms with Gasteiger partial charge in [-0.15, -0.1) is 0 Å². The van der Waals surface area contributed by atoms with Crippen molar-refractivity contribution in [2.24, 2.45) is 0 Å². The number of carbonyl (C=O) groups excluding carboxylic acids is 4. The van der Waals surface area contributed by atoms with Gasteiger partial charge in [-0.2, -0.15) is 0 Å². The molecule has 0 aromatic carbocycles. The molecule has 13 heteroatoms. The predicted molar refractivity (Wildman–Crippen MR) is 108 cm³/mol. The number of aliphatic hydroxyl groups excluding tert-OH is 1. The van der Waals surface area contributed by atoms with Gasteiger partial charge in [-0.05, 0) is 0 Å². The van der Waals surface area contributed by atoms with Gasteiger partial charge in [-0.3, -0.25) is 19.2 Å². The molecule has 5 atom stereocenters. The number of hydrogen-bond acceptors (Lipinski definition) is 12. The van der Waals surface area contributed by atoms with E-state index >= 15 is 0 Å². The normalized spacial score (nSPS) is 24.6. The molecule has 0 aliphatic carbocycles. The average molecular weight is 479 g/mol. The van der Waals surface area contributed by atoms with E-state index in [4.69, 9.17) is 38.3 Å². The Morgan fingerprint density at radius 2 is 1.39 bits per heavy atom. The molecule has 1 rings (SSSR count). The summed E-state index contributed by atoms with van der Waals surface area (Å²) in [6.07, 6.45) is -5.28. The maximum atomic E-state index is 11.9. The van der Waals surface area contributed by atoms with Crippen molar-refractivity contribution < 1.29 is 57.4 Å². The van der Waals surface area contributed by atoms with Crippen LogP contribution in [0, 0.1) is 0 Å². The van der Waals surface area contributed by atoms with Crippen molar-refractivity contribution in [3.63, 3.8) is 0 Å². The Kier molecular flexibility index (Phi) is 13.5. The second kappa shape index (κ2) is 15.5. The van der Waals surface area contributed by atoms with Crippen LogP contribution in [0.3, 0.4) is 0 Å². The zero-order valence-corrected chi connectivity index (χ0v) is 19.3. The van der Waals surface area contributed by atoms with Crippen LogP contribution in [0.4, 0.5) is 0 Å². The minimum Gasteiger partial charge on any atom is -0.456 e. The lowest BCUT2D eigenvalue weighted by Gasteiger charge is -2.44. The Hall–Kier alpha value is -2.32. The predicted octanol–water partition coefficient (Wildman–Crippen LogP) is -0.968. The van der Waals surface area contributed by atoms with E-state index in [1.807, 2.05) is 0 Å². The first-order valence-corrected chi connectivity index (χ1v) is 10.5. The Bertz CT molecular complexity index is 643. The number of amides is 1. The fourth-order valence-electron chi connectivity index (χ4n) is 2.90. The maximum absolute atomic E-state index is 11.9. The Morgan fingerprint density at radius 3 is 1.94 bits per heavy atom. The highest BCUT2D eigenvalue weighted by molar-refractivity contribution is 5.74. The summed E-state index contributed by atoms with van der Waals surface area (Å²) in [6.45, 7) is 5.84. The van der Waals surface area contributed by atoms with Crippen molar-refractivity contribution in [1.82, 2.24) is 5.32 Å². The molecule has 0 spiro atoms. The first-order valence-electron chi connectivity index (χ1n) is 10.5. The largest absolute Gasteiger partial charge is 0.456 e. The fourth-order valence-corrected chi connectivity index (χ4v) is 2.90. The van der Waals surface area contributed by atoms with Gasteiger partial charge < -0.3 is 43.6 Å². The minimum absolute atomic E-state index is 0.000217. The molecule has 1 aliphatic rings. The third-order valence-corrected chi connectivity index (χ3v) is 4.14. The average Bonchev–Trinajstić information content (AvgIpc) is 2.73. The fraction of sp³-hybridized carbons (Fsp3) is 0.800. The van der Waals surface area contributed by atoms with E-state index in [0.29, 0.717) is 0 Å². The monoisotopic (exact) mass is 479 g/mol. The molecule has 0 saturated carbocycles. The summed E-state index contributed by atoms with van der Waals surface area (Å²) in [5, 5.41) is 11.2. The summed E-state index contributed by atoms with van der Waals surface area (Å²) in [6, 6.07) is -1.08. The number of hydrogen-bond donors (Lipinski definition) is 2. The van der Waals surface area contributed by atoms with Gasteiger partial charge in [-0.1, -0.05) is 6.92 Å². The van der Waals surface area contributed by atoms with Gasteiger partial charge >= 0.3 is 17.9 Å². The summed E-state index contributed by atoms with van der Waals surface area (Å²) in [5.74, 6) is -2.60. The van der Waals surface area contributed by atoms with Crippen LogP contribution in [0.5, 0.6) is 0 Å². The molecule has 0 aromatic rings.